The Morgan fingerprint density at radius 2 is 1.71 bits per heavy atom. The number of carboxylic acids is 1. The Labute approximate surface area is 163 Å². The number of hydrogen-bond donors (Lipinski definition) is 1. The molecule has 5 heteroatoms. The van der Waals surface area contributed by atoms with Crippen LogP contribution in [-0.4, -0.2) is 35.0 Å². The summed E-state index contributed by atoms with van der Waals surface area (Å²) in [4.78, 5) is 24.6. The third-order valence-corrected chi connectivity index (χ3v) is 5.11. The molecule has 1 aliphatic heterocycles. The summed E-state index contributed by atoms with van der Waals surface area (Å²) in [5, 5.41) is 11.4. The van der Waals surface area contributed by atoms with E-state index in [2.05, 4.69) is 12.1 Å². The van der Waals surface area contributed by atoms with E-state index >= 15 is 0 Å². The number of carboxylic acid groups (broad SMARTS) is 1. The quantitative estimate of drug-likeness (QED) is 0.704. The van der Waals surface area contributed by atoms with Crippen molar-refractivity contribution in [3.05, 3.63) is 72.3 Å². The van der Waals surface area contributed by atoms with Gasteiger partial charge in [-0.25, -0.2) is 0 Å². The lowest BCUT2D eigenvalue weighted by molar-refractivity contribution is -0.141. The molecule has 1 saturated heterocycles. The molecule has 1 N–H and O–H groups in total. The van der Waals surface area contributed by atoms with E-state index in [0.717, 1.165) is 22.4 Å². The van der Waals surface area contributed by atoms with Gasteiger partial charge in [-0.2, -0.15) is 0 Å². The van der Waals surface area contributed by atoms with Crippen molar-refractivity contribution < 1.29 is 19.4 Å². The third-order valence-electron chi connectivity index (χ3n) is 5.11. The number of carbonyl (C=O) groups excluding carboxylic acids is 1. The second kappa shape index (κ2) is 7.72. The molecule has 1 amide bonds. The number of likely N-dealkylation sites (tertiary alicyclic amines) is 1. The van der Waals surface area contributed by atoms with Crippen molar-refractivity contribution in [3.63, 3.8) is 0 Å². The van der Waals surface area contributed by atoms with Gasteiger partial charge in [0.2, 0.25) is 5.91 Å². The highest BCUT2D eigenvalue weighted by molar-refractivity contribution is 5.86. The maximum atomic E-state index is 11.9. The second-order valence-electron chi connectivity index (χ2n) is 7.08. The lowest BCUT2D eigenvalue weighted by Gasteiger charge is -2.16. The zero-order chi connectivity index (χ0) is 19.5. The highest BCUT2D eigenvalue weighted by Gasteiger charge is 2.33. The minimum Gasteiger partial charge on any atom is -0.481 e. The molecule has 4 rings (SSSR count). The normalized spacial score (nSPS) is 16.5. The van der Waals surface area contributed by atoms with Gasteiger partial charge in [-0.05, 0) is 47.0 Å². The highest BCUT2D eigenvalue weighted by atomic mass is 16.5. The molecule has 1 heterocycles. The first kappa shape index (κ1) is 18.0. The molecule has 0 radical (unpaired) electrons. The van der Waals surface area contributed by atoms with Gasteiger partial charge in [0.15, 0.2) is 0 Å². The Kier molecular flexibility index (Phi) is 4.98. The number of rotatable bonds is 6. The molecule has 0 bridgehead atoms. The summed E-state index contributed by atoms with van der Waals surface area (Å²) in [5.74, 6) is -0.0176. The molecule has 0 spiro atoms. The van der Waals surface area contributed by atoms with Gasteiger partial charge in [-0.15, -0.1) is 0 Å². The molecule has 3 aromatic carbocycles. The highest BCUT2D eigenvalue weighted by Crippen LogP contribution is 2.26. The Hall–Kier alpha value is -3.34. The fourth-order valence-electron chi connectivity index (χ4n) is 3.51. The van der Waals surface area contributed by atoms with Crippen LogP contribution in [0, 0.1) is 5.92 Å². The molecular weight excluding hydrogens is 354 g/mol. The zero-order valence-corrected chi connectivity index (χ0v) is 15.4. The third kappa shape index (κ3) is 3.98. The molecule has 3 aromatic rings. The summed E-state index contributed by atoms with van der Waals surface area (Å²) in [6, 6.07) is 21.9. The SMILES string of the molecule is O=C(O)C1CC(=O)N(CCc2ccc(Oc3ccc4ccccc4c3)cc2)C1. The van der Waals surface area contributed by atoms with Crippen LogP contribution in [0.3, 0.4) is 0 Å². The van der Waals surface area contributed by atoms with Crippen LogP contribution in [0.1, 0.15) is 12.0 Å². The van der Waals surface area contributed by atoms with E-state index in [-0.39, 0.29) is 12.3 Å². The summed E-state index contributed by atoms with van der Waals surface area (Å²) in [5.41, 5.74) is 1.08. The van der Waals surface area contributed by atoms with Crippen molar-refractivity contribution in [1.82, 2.24) is 4.90 Å². The molecule has 5 nitrogen and oxygen atoms in total. The second-order valence-corrected chi connectivity index (χ2v) is 7.08. The van der Waals surface area contributed by atoms with Crippen molar-refractivity contribution >= 4 is 22.6 Å². The summed E-state index contributed by atoms with van der Waals surface area (Å²) in [6.07, 6.45) is 0.794. The molecular formula is C23H21NO4. The number of nitrogens with zero attached hydrogens (tertiary/aromatic N) is 1. The minimum absolute atomic E-state index is 0.0799. The lowest BCUT2D eigenvalue weighted by Crippen LogP contribution is -2.28. The van der Waals surface area contributed by atoms with Gasteiger partial charge < -0.3 is 14.7 Å². The summed E-state index contributed by atoms with van der Waals surface area (Å²) in [7, 11) is 0. The largest absolute Gasteiger partial charge is 0.481 e. The number of ether oxygens (including phenoxy) is 1. The molecule has 0 saturated carbocycles. The summed E-state index contributed by atoms with van der Waals surface area (Å²) >= 11 is 0. The first-order valence-corrected chi connectivity index (χ1v) is 9.35. The number of carbonyl (C=O) groups is 2. The molecule has 0 aromatic heterocycles. The van der Waals surface area contributed by atoms with Crippen molar-refractivity contribution in [2.24, 2.45) is 5.92 Å². The predicted octanol–water partition coefficient (Wildman–Crippen LogP) is 4.11. The Balaban J connectivity index is 1.36. The molecule has 1 aliphatic rings. The van der Waals surface area contributed by atoms with Gasteiger partial charge in [0, 0.05) is 19.5 Å². The first-order chi connectivity index (χ1) is 13.6. The number of fused-ring (bicyclic) bond motifs is 1. The van der Waals surface area contributed by atoms with Gasteiger partial charge in [-0.3, -0.25) is 9.59 Å². The van der Waals surface area contributed by atoms with E-state index in [9.17, 15) is 9.59 Å². The van der Waals surface area contributed by atoms with Gasteiger partial charge in [0.1, 0.15) is 11.5 Å². The smallest absolute Gasteiger partial charge is 0.308 e. The van der Waals surface area contributed by atoms with Gasteiger partial charge in [0.25, 0.3) is 0 Å². The van der Waals surface area contributed by atoms with Crippen LogP contribution in [0.5, 0.6) is 11.5 Å². The van der Waals surface area contributed by atoms with Crippen LogP contribution >= 0.6 is 0 Å². The van der Waals surface area contributed by atoms with Crippen molar-refractivity contribution in [3.8, 4) is 11.5 Å². The molecule has 1 atom stereocenters. The number of amides is 1. The van der Waals surface area contributed by atoms with Crippen LogP contribution in [0.4, 0.5) is 0 Å². The maximum Gasteiger partial charge on any atom is 0.308 e. The van der Waals surface area contributed by atoms with E-state index in [1.54, 1.807) is 4.90 Å². The average Bonchev–Trinajstić information content (AvgIpc) is 3.08. The Morgan fingerprint density at radius 1 is 1.00 bits per heavy atom. The van der Waals surface area contributed by atoms with Crippen LogP contribution in [0.15, 0.2) is 66.7 Å². The standard InChI is InChI=1S/C23H21NO4/c25-22-14-19(23(26)27)15-24(22)12-11-16-5-8-20(9-6-16)28-21-10-7-17-3-1-2-4-18(17)13-21/h1-10,13,19H,11-12,14-15H2,(H,26,27). The molecule has 1 fully saturated rings. The van der Waals surface area contributed by atoms with Crippen LogP contribution in [-0.2, 0) is 16.0 Å². The van der Waals surface area contributed by atoms with Crippen molar-refractivity contribution in [2.75, 3.05) is 13.1 Å². The molecule has 1 unspecified atom stereocenters. The van der Waals surface area contributed by atoms with Crippen molar-refractivity contribution in [2.45, 2.75) is 12.8 Å². The molecule has 28 heavy (non-hydrogen) atoms. The van der Waals surface area contributed by atoms with Gasteiger partial charge in [0.05, 0.1) is 5.92 Å². The fraction of sp³-hybridized carbons (Fsp3) is 0.217. The van der Waals surface area contributed by atoms with Gasteiger partial charge >= 0.3 is 5.97 Å². The maximum absolute atomic E-state index is 11.9. The average molecular weight is 375 g/mol. The number of hydrogen-bond acceptors (Lipinski definition) is 3. The predicted molar refractivity (Wildman–Crippen MR) is 106 cm³/mol. The fourth-order valence-corrected chi connectivity index (χ4v) is 3.51. The first-order valence-electron chi connectivity index (χ1n) is 9.35. The van der Waals surface area contributed by atoms with Crippen molar-refractivity contribution in [1.29, 1.82) is 0 Å². The van der Waals surface area contributed by atoms with E-state index in [1.807, 2.05) is 54.6 Å². The van der Waals surface area contributed by atoms with Crippen LogP contribution in [0.2, 0.25) is 0 Å². The summed E-state index contributed by atoms with van der Waals surface area (Å²) in [6.45, 7) is 0.838. The zero-order valence-electron chi connectivity index (χ0n) is 15.4. The Bertz CT molecular complexity index is 1010. The minimum atomic E-state index is -0.897. The van der Waals surface area contributed by atoms with Gasteiger partial charge in [-0.1, -0.05) is 42.5 Å². The van der Waals surface area contributed by atoms with E-state index in [0.29, 0.717) is 19.5 Å². The number of aliphatic carboxylic acids is 1. The molecule has 142 valence electrons. The Morgan fingerprint density at radius 3 is 2.43 bits per heavy atom. The number of benzene rings is 3. The lowest BCUT2D eigenvalue weighted by atomic mass is 10.1. The summed E-state index contributed by atoms with van der Waals surface area (Å²) < 4.78 is 5.95. The van der Waals surface area contributed by atoms with Crippen LogP contribution < -0.4 is 4.74 Å². The van der Waals surface area contributed by atoms with E-state index < -0.39 is 11.9 Å². The topological polar surface area (TPSA) is 66.8 Å². The monoisotopic (exact) mass is 375 g/mol. The van der Waals surface area contributed by atoms with E-state index in [4.69, 9.17) is 9.84 Å². The van der Waals surface area contributed by atoms with Crippen LogP contribution in [0.25, 0.3) is 10.8 Å². The van der Waals surface area contributed by atoms with E-state index in [1.165, 1.54) is 5.39 Å². The molecule has 0 aliphatic carbocycles.